The van der Waals surface area contributed by atoms with Crippen LogP contribution in [0.4, 0.5) is 16.3 Å². The predicted molar refractivity (Wildman–Crippen MR) is 118 cm³/mol. The average Bonchev–Trinajstić information content (AvgIpc) is 2.81. The van der Waals surface area contributed by atoms with Gasteiger partial charge in [-0.25, -0.2) is 19.8 Å². The molecule has 4 rings (SSSR count). The average molecular weight is 428 g/mol. The molecule has 0 atom stereocenters. The Kier molecular flexibility index (Phi) is 6.80. The highest BCUT2D eigenvalue weighted by Crippen LogP contribution is 2.29. The molecule has 2 amide bonds. The van der Waals surface area contributed by atoms with Crippen molar-refractivity contribution >= 4 is 17.5 Å². The number of nitrogens with zero attached hydrogens (tertiary/aromatic N) is 5. The first-order valence-electron chi connectivity index (χ1n) is 10.5. The molecule has 2 aromatic rings. The zero-order valence-corrected chi connectivity index (χ0v) is 18.0. The number of benzene rings is 1. The topological polar surface area (TPSA) is 95.1 Å². The van der Waals surface area contributed by atoms with E-state index in [0.29, 0.717) is 30.5 Å². The van der Waals surface area contributed by atoms with Gasteiger partial charge in [-0.1, -0.05) is 0 Å². The number of aromatic nitrogens is 2. The monoisotopic (exact) mass is 427 g/mol. The van der Waals surface area contributed by atoms with Crippen molar-refractivity contribution in [2.75, 3.05) is 76.9 Å². The molecule has 2 fully saturated rings. The number of methoxy groups -OCH3 is 1. The largest absolute Gasteiger partial charge is 0.491 e. The number of morpholine rings is 1. The van der Waals surface area contributed by atoms with Gasteiger partial charge in [-0.05, 0) is 31.3 Å². The smallest absolute Gasteiger partial charge is 0.333 e. The highest BCUT2D eigenvalue weighted by molar-refractivity contribution is 5.89. The van der Waals surface area contributed by atoms with Crippen LogP contribution in [0.1, 0.15) is 0 Å². The summed E-state index contributed by atoms with van der Waals surface area (Å²) in [5, 5.41) is 4.80. The number of urea groups is 1. The van der Waals surface area contributed by atoms with E-state index in [1.165, 1.54) is 0 Å². The second-order valence-electron chi connectivity index (χ2n) is 7.62. The Balaban J connectivity index is 1.41. The summed E-state index contributed by atoms with van der Waals surface area (Å²) in [6.45, 7) is 6.34. The molecule has 1 aromatic carbocycles. The molecule has 2 N–H and O–H groups in total. The molecular formula is C21H29N7O3. The molecule has 10 heteroatoms. The molecule has 0 unspecified atom stereocenters. The fourth-order valence-electron chi connectivity index (χ4n) is 3.57. The van der Waals surface area contributed by atoms with Gasteiger partial charge in [-0.15, -0.1) is 0 Å². The number of amides is 2. The lowest BCUT2D eigenvalue weighted by molar-refractivity contribution is 0.116. The highest BCUT2D eigenvalue weighted by atomic mass is 16.5. The number of likely N-dealkylation sites (N-methyl/N-ethyl adjacent to an activating group) is 1. The van der Waals surface area contributed by atoms with Crippen molar-refractivity contribution in [3.63, 3.8) is 0 Å². The van der Waals surface area contributed by atoms with Crippen molar-refractivity contribution in [3.8, 4) is 17.1 Å². The maximum atomic E-state index is 12.3. The Labute approximate surface area is 182 Å². The molecule has 166 valence electrons. The van der Waals surface area contributed by atoms with Gasteiger partial charge in [0.25, 0.3) is 0 Å². The van der Waals surface area contributed by atoms with Gasteiger partial charge >= 0.3 is 6.03 Å². The van der Waals surface area contributed by atoms with Gasteiger partial charge in [-0.3, -0.25) is 5.43 Å². The van der Waals surface area contributed by atoms with Crippen molar-refractivity contribution in [2.45, 2.75) is 0 Å². The summed E-state index contributed by atoms with van der Waals surface area (Å²) >= 11 is 0. The van der Waals surface area contributed by atoms with E-state index in [2.05, 4.69) is 32.6 Å². The van der Waals surface area contributed by atoms with Crippen molar-refractivity contribution in [1.29, 1.82) is 0 Å². The van der Waals surface area contributed by atoms with Gasteiger partial charge in [0.05, 0.1) is 26.5 Å². The SMILES string of the molecule is COc1cnc(-c2ccc(NC(=O)NN3CCN(C)CC3)cc2)nc1N1CCOCC1. The maximum Gasteiger partial charge on any atom is 0.333 e. The first-order chi connectivity index (χ1) is 15.1. The first-order valence-corrected chi connectivity index (χ1v) is 10.5. The minimum absolute atomic E-state index is 0.243. The minimum atomic E-state index is -0.243. The molecule has 1 aromatic heterocycles. The van der Waals surface area contributed by atoms with Crippen LogP contribution in [0.15, 0.2) is 30.5 Å². The van der Waals surface area contributed by atoms with Gasteiger partial charge in [-0.2, -0.15) is 0 Å². The lowest BCUT2D eigenvalue weighted by atomic mass is 10.2. The molecule has 10 nitrogen and oxygen atoms in total. The van der Waals surface area contributed by atoms with Crippen LogP contribution < -0.4 is 20.4 Å². The highest BCUT2D eigenvalue weighted by Gasteiger charge is 2.19. The Morgan fingerprint density at radius 3 is 2.45 bits per heavy atom. The normalized spacial score (nSPS) is 17.9. The summed E-state index contributed by atoms with van der Waals surface area (Å²) in [7, 11) is 3.70. The third-order valence-corrected chi connectivity index (χ3v) is 5.43. The molecule has 0 aliphatic carbocycles. The van der Waals surface area contributed by atoms with E-state index in [-0.39, 0.29) is 6.03 Å². The van der Waals surface area contributed by atoms with Gasteiger partial charge in [0.2, 0.25) is 0 Å². The van der Waals surface area contributed by atoms with E-state index in [4.69, 9.17) is 14.5 Å². The molecule has 2 aliphatic heterocycles. The van der Waals surface area contributed by atoms with Gasteiger partial charge < -0.3 is 24.6 Å². The summed E-state index contributed by atoms with van der Waals surface area (Å²) in [6, 6.07) is 7.25. The van der Waals surface area contributed by atoms with E-state index in [1.54, 1.807) is 13.3 Å². The summed E-state index contributed by atoms with van der Waals surface area (Å²) in [5.74, 6) is 2.02. The van der Waals surface area contributed by atoms with Gasteiger partial charge in [0, 0.05) is 50.5 Å². The van der Waals surface area contributed by atoms with E-state index < -0.39 is 0 Å². The van der Waals surface area contributed by atoms with Crippen LogP contribution in [0.5, 0.6) is 5.75 Å². The van der Waals surface area contributed by atoms with E-state index >= 15 is 0 Å². The standard InChI is InChI=1S/C21H29N7O3/c1-26-7-9-28(10-8-26)25-21(29)23-17-5-3-16(4-6-17)19-22-15-18(30-2)20(24-19)27-11-13-31-14-12-27/h3-6,15H,7-14H2,1-2H3,(H2,23,25,29). The number of piperazine rings is 1. The van der Waals surface area contributed by atoms with Crippen molar-refractivity contribution < 1.29 is 14.3 Å². The van der Waals surface area contributed by atoms with Crippen LogP contribution in [0.25, 0.3) is 11.4 Å². The van der Waals surface area contributed by atoms with Crippen LogP contribution in [-0.4, -0.2) is 92.5 Å². The summed E-state index contributed by atoms with van der Waals surface area (Å²) in [4.78, 5) is 25.8. The predicted octanol–water partition coefficient (Wildman–Crippen LogP) is 1.27. The number of nitrogens with one attached hydrogen (secondary N) is 2. The number of carbonyl (C=O) groups excluding carboxylic acids is 1. The Bertz CT molecular complexity index is 879. The molecule has 31 heavy (non-hydrogen) atoms. The van der Waals surface area contributed by atoms with E-state index in [9.17, 15) is 4.79 Å². The second kappa shape index (κ2) is 9.90. The maximum absolute atomic E-state index is 12.3. The molecule has 0 bridgehead atoms. The van der Waals surface area contributed by atoms with Crippen LogP contribution in [-0.2, 0) is 4.74 Å². The minimum Gasteiger partial charge on any atom is -0.491 e. The molecule has 0 spiro atoms. The van der Waals surface area contributed by atoms with Gasteiger partial charge in [0.1, 0.15) is 0 Å². The lowest BCUT2D eigenvalue weighted by Gasteiger charge is -2.32. The Hall–Kier alpha value is -2.95. The fourth-order valence-corrected chi connectivity index (χ4v) is 3.57. The summed E-state index contributed by atoms with van der Waals surface area (Å²) < 4.78 is 10.9. The second-order valence-corrected chi connectivity index (χ2v) is 7.62. The van der Waals surface area contributed by atoms with Crippen molar-refractivity contribution in [2.24, 2.45) is 0 Å². The number of ether oxygens (including phenoxy) is 2. The van der Waals surface area contributed by atoms with Gasteiger partial charge in [0.15, 0.2) is 17.4 Å². The number of anilines is 2. The van der Waals surface area contributed by atoms with Crippen LogP contribution in [0.2, 0.25) is 0 Å². The van der Waals surface area contributed by atoms with Crippen molar-refractivity contribution in [1.82, 2.24) is 25.3 Å². The lowest BCUT2D eigenvalue weighted by Crippen LogP contribution is -2.53. The molecule has 2 aliphatic rings. The molecule has 0 saturated carbocycles. The molecular weight excluding hydrogens is 398 g/mol. The molecule has 3 heterocycles. The van der Waals surface area contributed by atoms with Crippen LogP contribution >= 0.6 is 0 Å². The molecule has 2 saturated heterocycles. The van der Waals surface area contributed by atoms with Crippen LogP contribution in [0.3, 0.4) is 0 Å². The Morgan fingerprint density at radius 2 is 1.77 bits per heavy atom. The number of hydrazine groups is 1. The van der Waals surface area contributed by atoms with E-state index in [0.717, 1.165) is 50.6 Å². The number of hydrogen-bond acceptors (Lipinski definition) is 8. The van der Waals surface area contributed by atoms with Crippen molar-refractivity contribution in [3.05, 3.63) is 30.5 Å². The number of rotatable bonds is 5. The third kappa shape index (κ3) is 5.40. The summed E-state index contributed by atoms with van der Waals surface area (Å²) in [5.41, 5.74) is 4.46. The Morgan fingerprint density at radius 1 is 1.06 bits per heavy atom. The first kappa shape index (κ1) is 21.3. The van der Waals surface area contributed by atoms with E-state index in [1.807, 2.05) is 29.3 Å². The fraction of sp³-hybridized carbons (Fsp3) is 0.476. The number of hydrogen-bond donors (Lipinski definition) is 2. The zero-order valence-electron chi connectivity index (χ0n) is 18.0. The molecule has 0 radical (unpaired) electrons. The van der Waals surface area contributed by atoms with Crippen LogP contribution in [0, 0.1) is 0 Å². The summed E-state index contributed by atoms with van der Waals surface area (Å²) in [6.07, 6.45) is 1.70. The third-order valence-electron chi connectivity index (χ3n) is 5.43. The quantitative estimate of drug-likeness (QED) is 0.737. The number of carbonyl (C=O) groups is 1. The zero-order chi connectivity index (χ0) is 21.6.